The molecule has 0 radical (unpaired) electrons. The van der Waals surface area contributed by atoms with Crippen molar-refractivity contribution < 1.29 is 0 Å². The zero-order valence-electron chi connectivity index (χ0n) is 12.1. The molecule has 2 rings (SSSR count). The van der Waals surface area contributed by atoms with Crippen molar-refractivity contribution >= 4 is 29.1 Å². The zero-order valence-corrected chi connectivity index (χ0v) is 13.6. The quantitative estimate of drug-likeness (QED) is 0.657. The lowest BCUT2D eigenvalue weighted by Gasteiger charge is -2.19. The first-order valence-corrected chi connectivity index (χ1v) is 7.55. The maximum absolute atomic E-state index is 5.99. The monoisotopic (exact) mass is 307 g/mol. The van der Waals surface area contributed by atoms with Crippen LogP contribution in [-0.2, 0) is 5.41 Å². The van der Waals surface area contributed by atoms with E-state index in [4.69, 9.17) is 17.3 Å². The molecule has 2 N–H and O–H groups in total. The first kappa shape index (κ1) is 15.1. The number of nitrogen functional groups attached to an aromatic ring is 1. The summed E-state index contributed by atoms with van der Waals surface area (Å²) in [4.78, 5) is 9.31. The van der Waals surface area contributed by atoms with Gasteiger partial charge in [0.2, 0.25) is 5.28 Å². The van der Waals surface area contributed by atoms with E-state index < -0.39 is 0 Å². The van der Waals surface area contributed by atoms with Gasteiger partial charge in [-0.05, 0) is 41.6 Å². The van der Waals surface area contributed by atoms with E-state index in [1.165, 1.54) is 17.3 Å². The molecule has 0 aliphatic carbocycles. The molecule has 1 aromatic heterocycles. The van der Waals surface area contributed by atoms with Crippen molar-refractivity contribution in [2.75, 3.05) is 5.73 Å². The van der Waals surface area contributed by atoms with Gasteiger partial charge in [-0.25, -0.2) is 9.97 Å². The predicted octanol–water partition coefficient (Wildman–Crippen LogP) is 4.47. The van der Waals surface area contributed by atoms with Crippen molar-refractivity contribution in [1.29, 1.82) is 0 Å². The molecule has 1 heterocycles. The summed E-state index contributed by atoms with van der Waals surface area (Å²) in [7, 11) is 0. The van der Waals surface area contributed by atoms with Gasteiger partial charge in [0.15, 0.2) is 0 Å². The molecule has 2 aromatic rings. The maximum atomic E-state index is 5.99. The molecule has 0 bridgehead atoms. The highest BCUT2D eigenvalue weighted by atomic mass is 35.5. The topological polar surface area (TPSA) is 51.8 Å². The van der Waals surface area contributed by atoms with E-state index in [1.807, 2.05) is 6.92 Å². The molecule has 0 saturated heterocycles. The largest absolute Gasteiger partial charge is 0.395 e. The van der Waals surface area contributed by atoms with Crippen LogP contribution in [0.15, 0.2) is 34.2 Å². The summed E-state index contributed by atoms with van der Waals surface area (Å²) in [5.41, 5.74) is 8.73. The third-order valence-corrected chi connectivity index (χ3v) is 4.19. The summed E-state index contributed by atoms with van der Waals surface area (Å²) < 4.78 is 0. The number of hydrogen-bond acceptors (Lipinski definition) is 4. The molecule has 0 fully saturated rings. The highest BCUT2D eigenvalue weighted by Crippen LogP contribution is 2.33. The first-order chi connectivity index (χ1) is 9.27. The second kappa shape index (κ2) is 5.62. The molecule has 0 atom stereocenters. The molecule has 5 heteroatoms. The van der Waals surface area contributed by atoms with Crippen molar-refractivity contribution in [1.82, 2.24) is 9.97 Å². The zero-order chi connectivity index (χ0) is 14.9. The minimum Gasteiger partial charge on any atom is -0.395 e. The number of hydrogen-bond donors (Lipinski definition) is 1. The molecular weight excluding hydrogens is 290 g/mol. The Kier molecular flexibility index (Phi) is 4.25. The molecule has 0 saturated carbocycles. The second-order valence-corrected chi connectivity index (χ2v) is 7.07. The van der Waals surface area contributed by atoms with E-state index >= 15 is 0 Å². The molecule has 20 heavy (non-hydrogen) atoms. The lowest BCUT2D eigenvalue weighted by molar-refractivity contribution is 0.590. The highest BCUT2D eigenvalue weighted by molar-refractivity contribution is 7.99. The van der Waals surface area contributed by atoms with Gasteiger partial charge in [0.25, 0.3) is 0 Å². The van der Waals surface area contributed by atoms with Crippen LogP contribution in [0, 0.1) is 6.92 Å². The van der Waals surface area contributed by atoms with Crippen molar-refractivity contribution in [2.45, 2.75) is 43.0 Å². The van der Waals surface area contributed by atoms with Gasteiger partial charge in [0.05, 0.1) is 11.4 Å². The SMILES string of the molecule is Cc1nc(Cl)nc(Sc2ccc(C(C)(C)C)cc2)c1N. The standard InChI is InChI=1S/C15H18ClN3S/c1-9-12(17)13(19-14(16)18-9)20-11-7-5-10(6-8-11)15(2,3)4/h5-8H,17H2,1-4H3. The van der Waals surface area contributed by atoms with Crippen molar-refractivity contribution in [2.24, 2.45) is 0 Å². The van der Waals surface area contributed by atoms with Crippen LogP contribution in [0.2, 0.25) is 5.28 Å². The Labute approximate surface area is 129 Å². The van der Waals surface area contributed by atoms with Gasteiger partial charge < -0.3 is 5.73 Å². The van der Waals surface area contributed by atoms with Crippen LogP contribution in [0.3, 0.4) is 0 Å². The number of aryl methyl sites for hydroxylation is 1. The van der Waals surface area contributed by atoms with Crippen LogP contribution in [0.1, 0.15) is 32.0 Å². The molecule has 0 spiro atoms. The summed E-state index contributed by atoms with van der Waals surface area (Å²) >= 11 is 7.38. The van der Waals surface area contributed by atoms with Crippen molar-refractivity contribution in [3.63, 3.8) is 0 Å². The Morgan fingerprint density at radius 3 is 2.25 bits per heavy atom. The molecule has 0 unspecified atom stereocenters. The molecular formula is C15H18ClN3S. The van der Waals surface area contributed by atoms with Crippen LogP contribution in [0.25, 0.3) is 0 Å². The average molecular weight is 308 g/mol. The normalized spacial score (nSPS) is 11.7. The summed E-state index contributed by atoms with van der Waals surface area (Å²) in [6.07, 6.45) is 0. The predicted molar refractivity (Wildman–Crippen MR) is 85.5 cm³/mol. The molecule has 106 valence electrons. The van der Waals surface area contributed by atoms with E-state index in [2.05, 4.69) is 55.0 Å². The number of rotatable bonds is 2. The summed E-state index contributed by atoms with van der Waals surface area (Å²) in [5, 5.41) is 0.927. The number of aromatic nitrogens is 2. The Hall–Kier alpha value is -1.26. The number of benzene rings is 1. The second-order valence-electron chi connectivity index (χ2n) is 5.67. The van der Waals surface area contributed by atoms with Gasteiger partial charge in [-0.15, -0.1) is 0 Å². The minimum absolute atomic E-state index is 0.150. The number of nitrogens with two attached hydrogens (primary N) is 1. The lowest BCUT2D eigenvalue weighted by atomic mass is 9.87. The van der Waals surface area contributed by atoms with Gasteiger partial charge in [-0.2, -0.15) is 0 Å². The van der Waals surface area contributed by atoms with Crippen LogP contribution in [0.5, 0.6) is 0 Å². The molecule has 1 aromatic carbocycles. The Morgan fingerprint density at radius 2 is 1.70 bits per heavy atom. The van der Waals surface area contributed by atoms with Gasteiger partial charge in [-0.1, -0.05) is 44.7 Å². The Balaban J connectivity index is 2.27. The number of nitrogens with zero attached hydrogens (tertiary/aromatic N) is 2. The van der Waals surface area contributed by atoms with E-state index in [0.29, 0.717) is 16.4 Å². The van der Waals surface area contributed by atoms with E-state index in [1.54, 1.807) is 0 Å². The number of anilines is 1. The summed E-state index contributed by atoms with van der Waals surface area (Å²) in [5.74, 6) is 0. The van der Waals surface area contributed by atoms with E-state index in [9.17, 15) is 0 Å². The van der Waals surface area contributed by atoms with Crippen LogP contribution >= 0.6 is 23.4 Å². The van der Waals surface area contributed by atoms with Crippen molar-refractivity contribution in [3.05, 3.63) is 40.8 Å². The summed E-state index contributed by atoms with van der Waals surface area (Å²) in [6.45, 7) is 8.41. The van der Waals surface area contributed by atoms with E-state index in [-0.39, 0.29) is 10.7 Å². The van der Waals surface area contributed by atoms with Gasteiger partial charge >= 0.3 is 0 Å². The average Bonchev–Trinajstić information content (AvgIpc) is 2.35. The van der Waals surface area contributed by atoms with E-state index in [0.717, 1.165) is 4.90 Å². The van der Waals surface area contributed by atoms with Crippen molar-refractivity contribution in [3.8, 4) is 0 Å². The van der Waals surface area contributed by atoms with Gasteiger partial charge in [-0.3, -0.25) is 0 Å². The van der Waals surface area contributed by atoms with Crippen LogP contribution in [-0.4, -0.2) is 9.97 Å². The maximum Gasteiger partial charge on any atom is 0.223 e. The molecule has 0 aliphatic rings. The molecule has 3 nitrogen and oxygen atoms in total. The lowest BCUT2D eigenvalue weighted by Crippen LogP contribution is -2.10. The summed E-state index contributed by atoms with van der Waals surface area (Å²) in [6, 6.07) is 8.43. The fraction of sp³-hybridized carbons (Fsp3) is 0.333. The third-order valence-electron chi connectivity index (χ3n) is 3.01. The Bertz CT molecular complexity index is 618. The van der Waals surface area contributed by atoms with Crippen LogP contribution in [0.4, 0.5) is 5.69 Å². The minimum atomic E-state index is 0.150. The first-order valence-electron chi connectivity index (χ1n) is 6.35. The smallest absolute Gasteiger partial charge is 0.223 e. The fourth-order valence-electron chi connectivity index (χ4n) is 1.73. The van der Waals surface area contributed by atoms with Gasteiger partial charge in [0.1, 0.15) is 5.03 Å². The van der Waals surface area contributed by atoms with Crippen LogP contribution < -0.4 is 5.73 Å². The number of halogens is 1. The fourth-order valence-corrected chi connectivity index (χ4v) is 2.88. The highest BCUT2D eigenvalue weighted by Gasteiger charge is 2.14. The third kappa shape index (κ3) is 3.44. The molecule has 0 amide bonds. The Morgan fingerprint density at radius 1 is 1.10 bits per heavy atom. The van der Waals surface area contributed by atoms with Gasteiger partial charge in [0, 0.05) is 4.90 Å². The molecule has 0 aliphatic heterocycles.